The van der Waals surface area contributed by atoms with Crippen molar-refractivity contribution in [1.82, 2.24) is 26.3 Å². The van der Waals surface area contributed by atoms with Gasteiger partial charge in [0.25, 0.3) is 0 Å². The first kappa shape index (κ1) is 26.6. The van der Waals surface area contributed by atoms with Gasteiger partial charge in [0, 0.05) is 23.5 Å². The van der Waals surface area contributed by atoms with Crippen molar-refractivity contribution < 1.29 is 39.3 Å². The van der Waals surface area contributed by atoms with Gasteiger partial charge in [-0.1, -0.05) is 18.2 Å². The number of amides is 3. The number of nitrogens with one attached hydrogen (secondary N) is 5. The number of aliphatic hydroxyl groups excluding tert-OH is 1. The van der Waals surface area contributed by atoms with Gasteiger partial charge in [-0.05, 0) is 31.0 Å². The fourth-order valence-electron chi connectivity index (χ4n) is 4.02. The lowest BCUT2D eigenvalue weighted by Gasteiger charge is -2.23. The first-order chi connectivity index (χ1) is 17.2. The quantitative estimate of drug-likeness (QED) is 0.169. The summed E-state index contributed by atoms with van der Waals surface area (Å²) in [5.74, 6) is -5.28. The molecule has 0 bridgehead atoms. The van der Waals surface area contributed by atoms with Crippen molar-refractivity contribution in [3.63, 3.8) is 0 Å². The number of aromatic amines is 1. The van der Waals surface area contributed by atoms with Crippen molar-refractivity contribution in [2.45, 2.75) is 49.9 Å². The van der Waals surface area contributed by atoms with Crippen molar-refractivity contribution in [1.29, 1.82) is 0 Å². The fourth-order valence-corrected chi connectivity index (χ4v) is 4.02. The van der Waals surface area contributed by atoms with Crippen LogP contribution in [0.1, 0.15) is 24.8 Å². The van der Waals surface area contributed by atoms with Crippen LogP contribution in [0.5, 0.6) is 0 Å². The minimum absolute atomic E-state index is 0.0947. The molecule has 4 unspecified atom stereocenters. The van der Waals surface area contributed by atoms with E-state index in [4.69, 9.17) is 0 Å². The molecule has 8 N–H and O–H groups in total. The summed E-state index contributed by atoms with van der Waals surface area (Å²) in [6.07, 6.45) is 2.02. The molecular formula is C23H29N5O8. The van der Waals surface area contributed by atoms with Gasteiger partial charge in [0.1, 0.15) is 18.1 Å². The lowest BCUT2D eigenvalue weighted by Crippen LogP contribution is -2.58. The molecule has 36 heavy (non-hydrogen) atoms. The van der Waals surface area contributed by atoms with E-state index in [1.165, 1.54) is 0 Å². The second-order valence-corrected chi connectivity index (χ2v) is 8.51. The third-order valence-electron chi connectivity index (χ3n) is 5.92. The molecule has 1 aliphatic heterocycles. The lowest BCUT2D eigenvalue weighted by molar-refractivity contribution is -0.143. The molecule has 3 rings (SSSR count). The van der Waals surface area contributed by atoms with Crippen molar-refractivity contribution in [2.24, 2.45) is 0 Å². The van der Waals surface area contributed by atoms with E-state index in [-0.39, 0.29) is 6.42 Å². The number of rotatable bonds is 12. The smallest absolute Gasteiger partial charge is 0.326 e. The van der Waals surface area contributed by atoms with Crippen molar-refractivity contribution in [3.05, 3.63) is 36.0 Å². The zero-order chi connectivity index (χ0) is 26.2. The molecule has 1 aromatic carbocycles. The average Bonchev–Trinajstić information content (AvgIpc) is 3.52. The molecule has 1 saturated heterocycles. The molecule has 0 spiro atoms. The molecule has 1 fully saturated rings. The maximum absolute atomic E-state index is 12.8. The fraction of sp³-hybridized carbons (Fsp3) is 0.435. The standard InChI is InChI=1S/C23H29N5O8/c29-11-18(28-20(32)15-6-3-7-24-15)22(34)26-16(9-19(30)31)21(33)27-17(23(35)36)8-12-10-25-14-5-2-1-4-13(12)14/h1-2,4-5,10,15-18,24-25,29H,3,6-9,11H2,(H,26,34)(H,27,33)(H,28,32)(H,30,31)(H,35,36). The van der Waals surface area contributed by atoms with Gasteiger partial charge < -0.3 is 41.6 Å². The third-order valence-corrected chi connectivity index (χ3v) is 5.92. The van der Waals surface area contributed by atoms with Crippen LogP contribution in [-0.4, -0.2) is 87.3 Å². The molecular weight excluding hydrogens is 474 g/mol. The van der Waals surface area contributed by atoms with E-state index in [1.54, 1.807) is 18.3 Å². The number of H-pyrrole nitrogens is 1. The van der Waals surface area contributed by atoms with Gasteiger partial charge in [0.15, 0.2) is 0 Å². The summed E-state index contributed by atoms with van der Waals surface area (Å²) < 4.78 is 0. The number of benzene rings is 1. The topological polar surface area (TPSA) is 210 Å². The Hall–Kier alpha value is -3.97. The highest BCUT2D eigenvalue weighted by molar-refractivity contribution is 5.96. The molecule has 0 saturated carbocycles. The van der Waals surface area contributed by atoms with E-state index >= 15 is 0 Å². The summed E-state index contributed by atoms with van der Waals surface area (Å²) in [5, 5.41) is 39.0. The van der Waals surface area contributed by atoms with E-state index in [2.05, 4.69) is 26.3 Å². The first-order valence-corrected chi connectivity index (χ1v) is 11.4. The van der Waals surface area contributed by atoms with Crippen LogP contribution in [0.2, 0.25) is 0 Å². The summed E-state index contributed by atoms with van der Waals surface area (Å²) in [7, 11) is 0. The van der Waals surface area contributed by atoms with E-state index in [1.807, 2.05) is 12.1 Å². The van der Waals surface area contributed by atoms with Crippen molar-refractivity contribution in [2.75, 3.05) is 13.2 Å². The van der Waals surface area contributed by atoms with Crippen LogP contribution in [0.4, 0.5) is 0 Å². The number of carboxylic acids is 2. The number of hydrogen-bond donors (Lipinski definition) is 8. The maximum atomic E-state index is 12.8. The Labute approximate surface area is 205 Å². The van der Waals surface area contributed by atoms with Crippen molar-refractivity contribution in [3.8, 4) is 0 Å². The number of aliphatic carboxylic acids is 2. The Kier molecular flexibility index (Phi) is 8.97. The van der Waals surface area contributed by atoms with Crippen LogP contribution in [-0.2, 0) is 30.4 Å². The Morgan fingerprint density at radius 3 is 2.31 bits per heavy atom. The first-order valence-electron chi connectivity index (χ1n) is 11.4. The number of aliphatic hydroxyl groups is 1. The molecule has 4 atom stereocenters. The highest BCUT2D eigenvalue weighted by Crippen LogP contribution is 2.19. The number of para-hydroxylation sites is 1. The maximum Gasteiger partial charge on any atom is 0.326 e. The molecule has 13 heteroatoms. The van der Waals surface area contributed by atoms with Crippen molar-refractivity contribution >= 4 is 40.6 Å². The number of carbonyl (C=O) groups excluding carboxylic acids is 3. The number of fused-ring (bicyclic) bond motifs is 1. The second-order valence-electron chi connectivity index (χ2n) is 8.51. The van der Waals surface area contributed by atoms with Crippen LogP contribution in [0, 0.1) is 0 Å². The van der Waals surface area contributed by atoms with E-state index in [0.29, 0.717) is 18.5 Å². The van der Waals surface area contributed by atoms with Gasteiger partial charge in [-0.25, -0.2) is 4.79 Å². The molecule has 3 amide bonds. The number of carboxylic acid groups (broad SMARTS) is 2. The molecule has 13 nitrogen and oxygen atoms in total. The van der Waals surface area contributed by atoms with Gasteiger partial charge in [-0.2, -0.15) is 0 Å². The van der Waals surface area contributed by atoms with Crippen LogP contribution in [0.15, 0.2) is 30.5 Å². The van der Waals surface area contributed by atoms with Crippen LogP contribution in [0.25, 0.3) is 10.9 Å². The Balaban J connectivity index is 1.68. The lowest BCUT2D eigenvalue weighted by atomic mass is 10.0. The van der Waals surface area contributed by atoms with Gasteiger partial charge in [-0.15, -0.1) is 0 Å². The van der Waals surface area contributed by atoms with Crippen LogP contribution < -0.4 is 21.3 Å². The number of carbonyl (C=O) groups is 5. The summed E-state index contributed by atoms with van der Waals surface area (Å²) in [6, 6.07) is 2.19. The van der Waals surface area contributed by atoms with Crippen LogP contribution in [0.3, 0.4) is 0 Å². The minimum atomic E-state index is -1.64. The largest absolute Gasteiger partial charge is 0.481 e. The Morgan fingerprint density at radius 1 is 0.972 bits per heavy atom. The molecule has 0 radical (unpaired) electrons. The zero-order valence-electron chi connectivity index (χ0n) is 19.3. The Morgan fingerprint density at radius 2 is 1.67 bits per heavy atom. The van der Waals surface area contributed by atoms with E-state index < -0.39 is 66.9 Å². The molecule has 2 heterocycles. The van der Waals surface area contributed by atoms with E-state index in [0.717, 1.165) is 17.3 Å². The predicted octanol–water partition coefficient (Wildman–Crippen LogP) is -1.53. The van der Waals surface area contributed by atoms with Gasteiger partial charge in [0.05, 0.1) is 19.1 Å². The van der Waals surface area contributed by atoms with Gasteiger partial charge in [0.2, 0.25) is 17.7 Å². The monoisotopic (exact) mass is 503 g/mol. The normalized spacial score (nSPS) is 17.6. The highest BCUT2D eigenvalue weighted by atomic mass is 16.4. The van der Waals surface area contributed by atoms with Gasteiger partial charge in [-0.3, -0.25) is 19.2 Å². The average molecular weight is 504 g/mol. The van der Waals surface area contributed by atoms with Gasteiger partial charge >= 0.3 is 11.9 Å². The molecule has 1 aromatic heterocycles. The summed E-state index contributed by atoms with van der Waals surface area (Å²) in [5.41, 5.74) is 1.41. The summed E-state index contributed by atoms with van der Waals surface area (Å²) >= 11 is 0. The van der Waals surface area contributed by atoms with Crippen LogP contribution >= 0.6 is 0 Å². The van der Waals surface area contributed by atoms with E-state index in [9.17, 15) is 39.3 Å². The molecule has 0 aliphatic carbocycles. The summed E-state index contributed by atoms with van der Waals surface area (Å²) in [6.45, 7) is -0.151. The molecule has 2 aromatic rings. The summed E-state index contributed by atoms with van der Waals surface area (Å²) in [4.78, 5) is 64.0. The highest BCUT2D eigenvalue weighted by Gasteiger charge is 2.32. The minimum Gasteiger partial charge on any atom is -0.481 e. The second kappa shape index (κ2) is 12.1. The predicted molar refractivity (Wildman–Crippen MR) is 126 cm³/mol. The SMILES string of the molecule is O=C(O)CC(NC(=O)C(CO)NC(=O)C1CCCN1)C(=O)NC(Cc1c[nH]c2ccccc12)C(=O)O. The number of aromatic nitrogens is 1. The Bertz CT molecular complexity index is 1130. The molecule has 194 valence electrons. The molecule has 1 aliphatic rings. The number of hydrogen-bond acceptors (Lipinski definition) is 7. The third kappa shape index (κ3) is 6.79. The zero-order valence-corrected chi connectivity index (χ0v) is 19.3.